The summed E-state index contributed by atoms with van der Waals surface area (Å²) in [6.07, 6.45) is 1.59. The van der Waals surface area contributed by atoms with Gasteiger partial charge < -0.3 is 9.73 Å². The lowest BCUT2D eigenvalue weighted by Gasteiger charge is -2.09. The summed E-state index contributed by atoms with van der Waals surface area (Å²) in [4.78, 5) is 24.8. The Morgan fingerprint density at radius 1 is 1.11 bits per heavy atom. The predicted molar refractivity (Wildman–Crippen MR) is 103 cm³/mol. The second-order valence-corrected chi connectivity index (χ2v) is 6.37. The molecule has 6 nitrogen and oxygen atoms in total. The largest absolute Gasteiger partial charge is 0.451 e. The van der Waals surface area contributed by atoms with Gasteiger partial charge in [0, 0.05) is 17.2 Å². The number of nitrogens with zero attached hydrogens (tertiary/aromatic N) is 2. The van der Waals surface area contributed by atoms with Gasteiger partial charge in [0.05, 0.1) is 18.1 Å². The van der Waals surface area contributed by atoms with Crippen molar-refractivity contribution in [2.75, 3.05) is 5.32 Å². The molecule has 0 radical (unpaired) electrons. The molecule has 7 heteroatoms. The van der Waals surface area contributed by atoms with Crippen LogP contribution < -0.4 is 10.7 Å². The number of halogens is 1. The molecule has 1 amide bonds. The minimum atomic E-state index is -0.529. The van der Waals surface area contributed by atoms with Crippen molar-refractivity contribution in [2.45, 2.75) is 6.54 Å². The molecule has 27 heavy (non-hydrogen) atoms. The summed E-state index contributed by atoms with van der Waals surface area (Å²) >= 11 is 5.90. The van der Waals surface area contributed by atoms with E-state index in [4.69, 9.17) is 16.0 Å². The smallest absolute Gasteiger partial charge is 0.292 e. The lowest BCUT2D eigenvalue weighted by atomic mass is 10.2. The number of amides is 1. The van der Waals surface area contributed by atoms with Crippen molar-refractivity contribution >= 4 is 34.3 Å². The standard InChI is InChI=1S/C20H14ClN3O3/c21-14-6-7-17-15(10-14)16(25)11-18(27-17)20(26)23-19-8-9-22-24(19)12-13-4-2-1-3-5-13/h1-11H,12H2,(H,23,26). The highest BCUT2D eigenvalue weighted by Crippen LogP contribution is 2.18. The van der Waals surface area contributed by atoms with Gasteiger partial charge in [0.2, 0.25) is 0 Å². The molecule has 4 rings (SSSR count). The highest BCUT2D eigenvalue weighted by atomic mass is 35.5. The van der Waals surface area contributed by atoms with Crippen LogP contribution in [0.15, 0.2) is 76.1 Å². The number of nitrogens with one attached hydrogen (secondary N) is 1. The summed E-state index contributed by atoms with van der Waals surface area (Å²) in [7, 11) is 0. The van der Waals surface area contributed by atoms with Gasteiger partial charge in [-0.2, -0.15) is 5.10 Å². The zero-order chi connectivity index (χ0) is 18.8. The Hall–Kier alpha value is -3.38. The highest BCUT2D eigenvalue weighted by Gasteiger charge is 2.15. The molecule has 0 saturated heterocycles. The number of fused-ring (bicyclic) bond motifs is 1. The zero-order valence-electron chi connectivity index (χ0n) is 14.1. The van der Waals surface area contributed by atoms with E-state index in [1.54, 1.807) is 29.1 Å². The van der Waals surface area contributed by atoms with Crippen LogP contribution in [0.1, 0.15) is 16.1 Å². The molecule has 0 saturated carbocycles. The van der Waals surface area contributed by atoms with Crippen LogP contribution in [0.2, 0.25) is 5.02 Å². The van der Waals surface area contributed by atoms with Gasteiger partial charge in [-0.1, -0.05) is 41.9 Å². The van der Waals surface area contributed by atoms with Crippen LogP contribution in [-0.2, 0) is 6.54 Å². The average molecular weight is 380 g/mol. The highest BCUT2D eigenvalue weighted by molar-refractivity contribution is 6.31. The fraction of sp³-hybridized carbons (Fsp3) is 0.0500. The molecule has 0 unspecified atom stereocenters. The maximum atomic E-state index is 12.6. The Balaban J connectivity index is 1.60. The lowest BCUT2D eigenvalue weighted by molar-refractivity contribution is 0.0996. The maximum absolute atomic E-state index is 12.6. The Morgan fingerprint density at radius 3 is 2.74 bits per heavy atom. The van der Waals surface area contributed by atoms with Gasteiger partial charge in [-0.05, 0) is 23.8 Å². The van der Waals surface area contributed by atoms with Crippen molar-refractivity contribution in [3.05, 3.63) is 93.4 Å². The molecule has 2 aromatic carbocycles. The van der Waals surface area contributed by atoms with Gasteiger partial charge in [0.15, 0.2) is 11.2 Å². The molecule has 2 heterocycles. The molecular weight excluding hydrogens is 366 g/mol. The summed E-state index contributed by atoms with van der Waals surface area (Å²) in [5.74, 6) is -0.108. The Labute approximate surface area is 159 Å². The van der Waals surface area contributed by atoms with Gasteiger partial charge in [-0.3, -0.25) is 9.59 Å². The monoisotopic (exact) mass is 379 g/mol. The third-order valence-corrected chi connectivity index (χ3v) is 4.28. The lowest BCUT2D eigenvalue weighted by Crippen LogP contribution is -2.18. The van der Waals surface area contributed by atoms with Crippen LogP contribution in [0, 0.1) is 0 Å². The number of hydrogen-bond donors (Lipinski definition) is 1. The zero-order valence-corrected chi connectivity index (χ0v) is 14.8. The van der Waals surface area contributed by atoms with Gasteiger partial charge >= 0.3 is 0 Å². The Morgan fingerprint density at radius 2 is 1.93 bits per heavy atom. The second kappa shape index (κ2) is 7.09. The van der Waals surface area contributed by atoms with E-state index in [1.165, 1.54) is 6.07 Å². The van der Waals surface area contributed by atoms with Crippen LogP contribution in [0.5, 0.6) is 0 Å². The summed E-state index contributed by atoms with van der Waals surface area (Å²) in [6, 6.07) is 17.3. The molecule has 0 bridgehead atoms. The number of carbonyl (C=O) groups is 1. The summed E-state index contributed by atoms with van der Waals surface area (Å²) in [5, 5.41) is 7.72. The number of anilines is 1. The van der Waals surface area contributed by atoms with Gasteiger partial charge in [-0.15, -0.1) is 0 Å². The molecule has 1 N–H and O–H groups in total. The third-order valence-electron chi connectivity index (χ3n) is 4.05. The van der Waals surface area contributed by atoms with Crippen LogP contribution in [-0.4, -0.2) is 15.7 Å². The van der Waals surface area contributed by atoms with E-state index in [9.17, 15) is 9.59 Å². The van der Waals surface area contributed by atoms with Gasteiger partial charge in [-0.25, -0.2) is 4.68 Å². The summed E-state index contributed by atoms with van der Waals surface area (Å²) < 4.78 is 7.22. The molecule has 0 spiro atoms. The average Bonchev–Trinajstić information content (AvgIpc) is 3.09. The molecule has 134 valence electrons. The Bertz CT molecular complexity index is 1180. The molecule has 0 atom stereocenters. The molecule has 0 aliphatic carbocycles. The first-order chi connectivity index (χ1) is 13.1. The van der Waals surface area contributed by atoms with E-state index < -0.39 is 5.91 Å². The summed E-state index contributed by atoms with van der Waals surface area (Å²) in [6.45, 7) is 0.504. The first kappa shape index (κ1) is 17.1. The number of hydrogen-bond acceptors (Lipinski definition) is 4. The minimum absolute atomic E-state index is 0.0812. The molecule has 2 aromatic heterocycles. The van der Waals surface area contributed by atoms with Crippen LogP contribution in [0.4, 0.5) is 5.82 Å². The minimum Gasteiger partial charge on any atom is -0.451 e. The number of benzene rings is 2. The molecular formula is C20H14ClN3O3. The Kier molecular flexibility index (Phi) is 4.48. The SMILES string of the molecule is O=C(Nc1ccnn1Cc1ccccc1)c1cc(=O)c2cc(Cl)ccc2o1. The molecule has 4 aromatic rings. The third kappa shape index (κ3) is 3.61. The molecule has 0 aliphatic heterocycles. The predicted octanol–water partition coefficient (Wildman–Crippen LogP) is 3.94. The first-order valence-corrected chi connectivity index (χ1v) is 8.58. The second-order valence-electron chi connectivity index (χ2n) is 5.93. The summed E-state index contributed by atoms with van der Waals surface area (Å²) in [5.41, 5.74) is 1.02. The van der Waals surface area contributed by atoms with Crippen molar-refractivity contribution in [2.24, 2.45) is 0 Å². The van der Waals surface area contributed by atoms with Crippen molar-refractivity contribution in [3.63, 3.8) is 0 Å². The van der Waals surface area contributed by atoms with E-state index in [0.29, 0.717) is 28.4 Å². The maximum Gasteiger partial charge on any atom is 0.292 e. The van der Waals surface area contributed by atoms with Gasteiger partial charge in [0.25, 0.3) is 5.91 Å². The number of rotatable bonds is 4. The fourth-order valence-corrected chi connectivity index (χ4v) is 2.91. The van der Waals surface area contributed by atoms with Crippen molar-refractivity contribution in [3.8, 4) is 0 Å². The number of carbonyl (C=O) groups excluding carboxylic acids is 1. The van der Waals surface area contributed by atoms with Gasteiger partial charge in [0.1, 0.15) is 11.4 Å². The number of aromatic nitrogens is 2. The van der Waals surface area contributed by atoms with Crippen LogP contribution in [0.25, 0.3) is 11.0 Å². The van der Waals surface area contributed by atoms with E-state index >= 15 is 0 Å². The van der Waals surface area contributed by atoms with Crippen molar-refractivity contribution in [1.82, 2.24) is 9.78 Å². The van der Waals surface area contributed by atoms with Crippen molar-refractivity contribution in [1.29, 1.82) is 0 Å². The van der Waals surface area contributed by atoms with Crippen molar-refractivity contribution < 1.29 is 9.21 Å². The molecule has 0 fully saturated rings. The van der Waals surface area contributed by atoms with Crippen LogP contribution >= 0.6 is 11.6 Å². The fourth-order valence-electron chi connectivity index (χ4n) is 2.74. The molecule has 0 aliphatic rings. The quantitative estimate of drug-likeness (QED) is 0.582. The first-order valence-electron chi connectivity index (χ1n) is 8.21. The van der Waals surface area contributed by atoms with E-state index in [0.717, 1.165) is 11.6 Å². The van der Waals surface area contributed by atoms with E-state index in [1.807, 2.05) is 30.3 Å². The van der Waals surface area contributed by atoms with E-state index in [-0.39, 0.29) is 11.2 Å². The topological polar surface area (TPSA) is 77.1 Å². The van der Waals surface area contributed by atoms with Crippen LogP contribution in [0.3, 0.4) is 0 Å². The normalized spacial score (nSPS) is 10.9. The van der Waals surface area contributed by atoms with E-state index in [2.05, 4.69) is 10.4 Å².